The maximum absolute atomic E-state index is 5.99. The Labute approximate surface area is 124 Å². The second kappa shape index (κ2) is 6.73. The van der Waals surface area contributed by atoms with Gasteiger partial charge in [0.15, 0.2) is 0 Å². The van der Waals surface area contributed by atoms with Gasteiger partial charge >= 0.3 is 0 Å². The molecular weight excluding hydrogens is 244 g/mol. The Kier molecular flexibility index (Phi) is 5.22. The predicted octanol–water partition coefficient (Wildman–Crippen LogP) is 3.10. The normalized spacial score (nSPS) is 18.4. The van der Waals surface area contributed by atoms with Crippen LogP contribution in [-0.4, -0.2) is 31.1 Å². The minimum atomic E-state index is 0.374. The first-order valence-electron chi connectivity index (χ1n) is 7.97. The highest BCUT2D eigenvalue weighted by Gasteiger charge is 2.21. The number of nitrogens with two attached hydrogens (primary N) is 1. The summed E-state index contributed by atoms with van der Waals surface area (Å²) in [5.74, 6) is 0.621. The zero-order chi connectivity index (χ0) is 14.6. The van der Waals surface area contributed by atoms with Crippen molar-refractivity contribution in [1.82, 2.24) is 4.90 Å². The summed E-state index contributed by atoms with van der Waals surface area (Å²) in [6.07, 6.45) is 3.58. The van der Waals surface area contributed by atoms with E-state index in [0.717, 1.165) is 13.1 Å². The van der Waals surface area contributed by atoms with Crippen molar-refractivity contribution >= 4 is 0 Å². The second-order valence-electron chi connectivity index (χ2n) is 7.44. The molecule has 0 radical (unpaired) electrons. The van der Waals surface area contributed by atoms with Gasteiger partial charge in [-0.3, -0.25) is 0 Å². The number of fused-ring (bicyclic) bond motifs is 1. The Balaban J connectivity index is 1.92. The lowest BCUT2D eigenvalue weighted by atomic mass is 9.84. The molecule has 1 atom stereocenters. The summed E-state index contributed by atoms with van der Waals surface area (Å²) >= 11 is 0. The van der Waals surface area contributed by atoms with Crippen molar-refractivity contribution in [2.75, 3.05) is 26.2 Å². The van der Waals surface area contributed by atoms with Crippen molar-refractivity contribution in [2.24, 2.45) is 17.1 Å². The van der Waals surface area contributed by atoms with E-state index in [0.29, 0.717) is 11.3 Å². The summed E-state index contributed by atoms with van der Waals surface area (Å²) in [6.45, 7) is 11.3. The van der Waals surface area contributed by atoms with Gasteiger partial charge in [0.2, 0.25) is 0 Å². The standard InChI is InChI=1S/C18H30N2/c1-18(2,3)12-15(13-19)14-20-10-8-16-6-4-5-7-17(16)9-11-20/h4-7,15H,8-14,19H2,1-3H3. The Hall–Kier alpha value is -0.860. The lowest BCUT2D eigenvalue weighted by molar-refractivity contribution is 0.200. The lowest BCUT2D eigenvalue weighted by Gasteiger charge is -2.30. The van der Waals surface area contributed by atoms with Crippen LogP contribution in [0.1, 0.15) is 38.3 Å². The van der Waals surface area contributed by atoms with E-state index in [9.17, 15) is 0 Å². The Morgan fingerprint density at radius 1 is 1.10 bits per heavy atom. The predicted molar refractivity (Wildman–Crippen MR) is 86.9 cm³/mol. The molecule has 2 nitrogen and oxygen atoms in total. The van der Waals surface area contributed by atoms with E-state index in [2.05, 4.69) is 49.9 Å². The van der Waals surface area contributed by atoms with E-state index >= 15 is 0 Å². The van der Waals surface area contributed by atoms with Gasteiger partial charge in [0.25, 0.3) is 0 Å². The summed E-state index contributed by atoms with van der Waals surface area (Å²) in [7, 11) is 0. The first-order valence-corrected chi connectivity index (χ1v) is 7.97. The fourth-order valence-corrected chi connectivity index (χ4v) is 3.35. The van der Waals surface area contributed by atoms with Gasteiger partial charge in [0.1, 0.15) is 0 Å². The molecule has 112 valence electrons. The molecule has 0 saturated heterocycles. The highest BCUT2D eigenvalue weighted by Crippen LogP contribution is 2.25. The Morgan fingerprint density at radius 2 is 1.65 bits per heavy atom. The van der Waals surface area contributed by atoms with Crippen LogP contribution < -0.4 is 5.73 Å². The quantitative estimate of drug-likeness (QED) is 0.914. The molecule has 2 N–H and O–H groups in total. The number of nitrogens with zero attached hydrogens (tertiary/aromatic N) is 1. The molecule has 1 aromatic rings. The van der Waals surface area contributed by atoms with Crippen molar-refractivity contribution in [3.63, 3.8) is 0 Å². The summed E-state index contributed by atoms with van der Waals surface area (Å²) in [5.41, 5.74) is 9.44. The third-order valence-corrected chi connectivity index (χ3v) is 4.26. The molecule has 0 spiro atoms. The molecule has 1 unspecified atom stereocenters. The Bertz CT molecular complexity index is 393. The molecule has 0 aliphatic carbocycles. The number of rotatable bonds is 4. The van der Waals surface area contributed by atoms with Crippen LogP contribution in [0.2, 0.25) is 0 Å². The van der Waals surface area contributed by atoms with Crippen LogP contribution >= 0.6 is 0 Å². The summed E-state index contributed by atoms with van der Waals surface area (Å²) in [5, 5.41) is 0. The first-order chi connectivity index (χ1) is 9.48. The molecular formula is C18H30N2. The minimum Gasteiger partial charge on any atom is -0.330 e. The van der Waals surface area contributed by atoms with Gasteiger partial charge in [-0.05, 0) is 48.3 Å². The summed E-state index contributed by atoms with van der Waals surface area (Å²) in [6, 6.07) is 8.90. The molecule has 0 fully saturated rings. The summed E-state index contributed by atoms with van der Waals surface area (Å²) in [4.78, 5) is 2.61. The van der Waals surface area contributed by atoms with Gasteiger partial charge in [-0.25, -0.2) is 0 Å². The van der Waals surface area contributed by atoms with Crippen LogP contribution in [0.15, 0.2) is 24.3 Å². The monoisotopic (exact) mass is 274 g/mol. The van der Waals surface area contributed by atoms with E-state index in [1.165, 1.54) is 43.5 Å². The molecule has 1 heterocycles. The fraction of sp³-hybridized carbons (Fsp3) is 0.667. The Morgan fingerprint density at radius 3 is 2.10 bits per heavy atom. The highest BCUT2D eigenvalue weighted by molar-refractivity contribution is 5.28. The molecule has 1 aliphatic heterocycles. The van der Waals surface area contributed by atoms with Crippen molar-refractivity contribution in [2.45, 2.75) is 40.0 Å². The SMILES string of the molecule is CC(C)(C)CC(CN)CN1CCc2ccccc2CC1. The first kappa shape index (κ1) is 15.5. The topological polar surface area (TPSA) is 29.3 Å². The molecule has 2 heteroatoms. The van der Waals surface area contributed by atoms with Crippen molar-refractivity contribution in [1.29, 1.82) is 0 Å². The summed E-state index contributed by atoms with van der Waals surface area (Å²) < 4.78 is 0. The average Bonchev–Trinajstić information content (AvgIpc) is 2.59. The zero-order valence-corrected chi connectivity index (χ0v) is 13.4. The smallest absolute Gasteiger partial charge is 0.00222 e. The van der Waals surface area contributed by atoms with Crippen molar-refractivity contribution in [3.05, 3.63) is 35.4 Å². The molecule has 0 saturated carbocycles. The lowest BCUT2D eigenvalue weighted by Crippen LogP contribution is -2.36. The van der Waals surface area contributed by atoms with Gasteiger partial charge in [-0.1, -0.05) is 45.0 Å². The van der Waals surface area contributed by atoms with Gasteiger partial charge in [0.05, 0.1) is 0 Å². The third kappa shape index (κ3) is 4.60. The van der Waals surface area contributed by atoms with Crippen molar-refractivity contribution in [3.8, 4) is 0 Å². The molecule has 0 aromatic heterocycles. The molecule has 1 aliphatic rings. The third-order valence-electron chi connectivity index (χ3n) is 4.26. The van der Waals surface area contributed by atoms with E-state index in [1.807, 2.05) is 0 Å². The van der Waals surface area contributed by atoms with E-state index in [-0.39, 0.29) is 0 Å². The molecule has 0 amide bonds. The highest BCUT2D eigenvalue weighted by atomic mass is 15.1. The van der Waals surface area contributed by atoms with Crippen LogP contribution in [0, 0.1) is 11.3 Å². The number of benzene rings is 1. The molecule has 20 heavy (non-hydrogen) atoms. The average molecular weight is 274 g/mol. The van der Waals surface area contributed by atoms with Crippen LogP contribution in [-0.2, 0) is 12.8 Å². The van der Waals surface area contributed by atoms with Crippen molar-refractivity contribution < 1.29 is 0 Å². The van der Waals surface area contributed by atoms with Crippen LogP contribution in [0.25, 0.3) is 0 Å². The maximum Gasteiger partial charge on any atom is 0.00222 e. The van der Waals surface area contributed by atoms with E-state index in [4.69, 9.17) is 5.73 Å². The molecule has 2 rings (SSSR count). The maximum atomic E-state index is 5.99. The van der Waals surface area contributed by atoms with Gasteiger partial charge in [-0.2, -0.15) is 0 Å². The minimum absolute atomic E-state index is 0.374. The molecule has 0 bridgehead atoms. The van der Waals surface area contributed by atoms with Crippen LogP contribution in [0.3, 0.4) is 0 Å². The number of hydrogen-bond donors (Lipinski definition) is 1. The molecule has 1 aromatic carbocycles. The fourth-order valence-electron chi connectivity index (χ4n) is 3.35. The largest absolute Gasteiger partial charge is 0.330 e. The van der Waals surface area contributed by atoms with E-state index < -0.39 is 0 Å². The van der Waals surface area contributed by atoms with Gasteiger partial charge < -0.3 is 10.6 Å². The van der Waals surface area contributed by atoms with E-state index in [1.54, 1.807) is 0 Å². The van der Waals surface area contributed by atoms with Crippen LogP contribution in [0.5, 0.6) is 0 Å². The zero-order valence-electron chi connectivity index (χ0n) is 13.4. The van der Waals surface area contributed by atoms with Crippen LogP contribution in [0.4, 0.5) is 0 Å². The second-order valence-corrected chi connectivity index (χ2v) is 7.44. The number of hydrogen-bond acceptors (Lipinski definition) is 2. The van der Waals surface area contributed by atoms with Gasteiger partial charge in [-0.15, -0.1) is 0 Å². The van der Waals surface area contributed by atoms with Gasteiger partial charge in [0, 0.05) is 19.6 Å².